The molecule has 1 saturated heterocycles. The van der Waals surface area contributed by atoms with Crippen molar-refractivity contribution in [2.24, 2.45) is 0 Å². The molecule has 1 heterocycles. The molecule has 8 heteroatoms. The highest BCUT2D eigenvalue weighted by Gasteiger charge is 2.27. The second-order valence-corrected chi connectivity index (χ2v) is 6.95. The van der Waals surface area contributed by atoms with Crippen LogP contribution in [0.25, 0.3) is 0 Å². The second-order valence-electron chi connectivity index (χ2n) is 6.95. The van der Waals surface area contributed by atoms with Crippen molar-refractivity contribution in [2.45, 2.75) is 6.04 Å². The predicted octanol–water partition coefficient (Wildman–Crippen LogP) is 2.13. The van der Waals surface area contributed by atoms with Crippen LogP contribution in [0.3, 0.4) is 0 Å². The number of carbonyl (C=O) groups excluding carboxylic acids is 2. The van der Waals surface area contributed by atoms with Gasteiger partial charge in [0.15, 0.2) is 0 Å². The van der Waals surface area contributed by atoms with Crippen LogP contribution in [-0.2, 0) is 4.79 Å². The van der Waals surface area contributed by atoms with Crippen LogP contribution in [-0.4, -0.2) is 61.5 Å². The van der Waals surface area contributed by atoms with Gasteiger partial charge in [-0.2, -0.15) is 0 Å². The van der Waals surface area contributed by atoms with Crippen molar-refractivity contribution in [1.82, 2.24) is 20.4 Å². The SMILES string of the molecule is CNC(=O)NC(=O)CN1CCN(C(c2ccc(F)cc2)c2ccc(F)cc2)CC1. The van der Waals surface area contributed by atoms with Crippen LogP contribution >= 0.6 is 0 Å². The smallest absolute Gasteiger partial charge is 0.321 e. The summed E-state index contributed by atoms with van der Waals surface area (Å²) in [5.41, 5.74) is 1.84. The third-order valence-corrected chi connectivity index (χ3v) is 4.99. The van der Waals surface area contributed by atoms with Crippen molar-refractivity contribution in [3.8, 4) is 0 Å². The molecule has 0 bridgehead atoms. The molecule has 0 aromatic heterocycles. The summed E-state index contributed by atoms with van der Waals surface area (Å²) in [6.45, 7) is 2.76. The minimum absolute atomic E-state index is 0.138. The van der Waals surface area contributed by atoms with E-state index in [4.69, 9.17) is 0 Å². The van der Waals surface area contributed by atoms with Crippen LogP contribution in [0, 0.1) is 11.6 Å². The molecule has 3 amide bonds. The number of rotatable bonds is 5. The average Bonchev–Trinajstić information content (AvgIpc) is 2.72. The van der Waals surface area contributed by atoms with Crippen molar-refractivity contribution in [3.05, 3.63) is 71.3 Å². The first-order valence-corrected chi connectivity index (χ1v) is 9.45. The Morgan fingerprint density at radius 2 is 1.38 bits per heavy atom. The zero-order valence-corrected chi connectivity index (χ0v) is 16.2. The molecule has 0 aliphatic carbocycles. The Balaban J connectivity index is 1.70. The maximum atomic E-state index is 13.4. The molecule has 29 heavy (non-hydrogen) atoms. The molecule has 3 rings (SSSR count). The molecule has 1 fully saturated rings. The minimum atomic E-state index is -0.527. The van der Waals surface area contributed by atoms with Crippen LogP contribution < -0.4 is 10.6 Å². The number of nitrogens with one attached hydrogen (secondary N) is 2. The lowest BCUT2D eigenvalue weighted by molar-refractivity contribution is -0.121. The van der Waals surface area contributed by atoms with Crippen molar-refractivity contribution < 1.29 is 18.4 Å². The highest BCUT2D eigenvalue weighted by molar-refractivity contribution is 5.95. The van der Waals surface area contributed by atoms with Gasteiger partial charge in [-0.3, -0.25) is 19.9 Å². The lowest BCUT2D eigenvalue weighted by atomic mass is 9.96. The van der Waals surface area contributed by atoms with E-state index in [1.165, 1.54) is 31.3 Å². The van der Waals surface area contributed by atoms with E-state index in [1.807, 2.05) is 4.90 Å². The van der Waals surface area contributed by atoms with Crippen LogP contribution in [0.1, 0.15) is 17.2 Å². The normalized spacial score (nSPS) is 15.3. The van der Waals surface area contributed by atoms with Crippen LogP contribution in [0.4, 0.5) is 13.6 Å². The Morgan fingerprint density at radius 1 is 0.897 bits per heavy atom. The Morgan fingerprint density at radius 3 is 1.83 bits per heavy atom. The van der Waals surface area contributed by atoms with Crippen LogP contribution in [0.2, 0.25) is 0 Å². The molecule has 0 spiro atoms. The third kappa shape index (κ3) is 5.58. The molecule has 2 N–H and O–H groups in total. The monoisotopic (exact) mass is 402 g/mol. The lowest BCUT2D eigenvalue weighted by Gasteiger charge is -2.39. The van der Waals surface area contributed by atoms with Gasteiger partial charge in [0.2, 0.25) is 5.91 Å². The molecular formula is C21H24F2N4O2. The lowest BCUT2D eigenvalue weighted by Crippen LogP contribution is -2.51. The third-order valence-electron chi connectivity index (χ3n) is 4.99. The molecule has 2 aromatic rings. The predicted molar refractivity (Wildman–Crippen MR) is 105 cm³/mol. The van der Waals surface area contributed by atoms with E-state index in [2.05, 4.69) is 15.5 Å². The van der Waals surface area contributed by atoms with Gasteiger partial charge in [-0.1, -0.05) is 24.3 Å². The largest absolute Gasteiger partial charge is 0.341 e. The summed E-state index contributed by atoms with van der Waals surface area (Å²) < 4.78 is 26.8. The first-order valence-electron chi connectivity index (χ1n) is 9.45. The standard InChI is InChI=1S/C21H24F2N4O2/c1-24-21(29)25-19(28)14-26-10-12-27(13-11-26)20(15-2-6-17(22)7-3-15)16-4-8-18(23)9-5-16/h2-9,20H,10-14H2,1H3,(H2,24,25,28,29). The number of hydrogen-bond donors (Lipinski definition) is 2. The van der Waals surface area contributed by atoms with E-state index in [-0.39, 0.29) is 30.1 Å². The Bertz CT molecular complexity index is 789. The van der Waals surface area contributed by atoms with Crippen molar-refractivity contribution in [3.63, 3.8) is 0 Å². The Kier molecular flexibility index (Phi) is 6.90. The van der Waals surface area contributed by atoms with Gasteiger partial charge in [0.1, 0.15) is 11.6 Å². The van der Waals surface area contributed by atoms with Gasteiger partial charge in [-0.05, 0) is 35.4 Å². The topological polar surface area (TPSA) is 64.7 Å². The summed E-state index contributed by atoms with van der Waals surface area (Å²) in [5, 5.41) is 4.61. The molecular weight excluding hydrogens is 378 g/mol. The summed E-state index contributed by atoms with van der Waals surface area (Å²) in [6.07, 6.45) is 0. The zero-order chi connectivity index (χ0) is 20.8. The van der Waals surface area contributed by atoms with Gasteiger partial charge in [0, 0.05) is 33.2 Å². The highest BCUT2D eigenvalue weighted by Crippen LogP contribution is 2.30. The van der Waals surface area contributed by atoms with Gasteiger partial charge in [0.05, 0.1) is 12.6 Å². The number of urea groups is 1. The van der Waals surface area contributed by atoms with Crippen molar-refractivity contribution >= 4 is 11.9 Å². The van der Waals surface area contributed by atoms with E-state index in [0.717, 1.165) is 11.1 Å². The van der Waals surface area contributed by atoms with Gasteiger partial charge < -0.3 is 5.32 Å². The molecule has 0 radical (unpaired) electrons. The van der Waals surface area contributed by atoms with Crippen molar-refractivity contribution in [1.29, 1.82) is 0 Å². The van der Waals surface area contributed by atoms with E-state index < -0.39 is 6.03 Å². The summed E-state index contributed by atoms with van der Waals surface area (Å²) >= 11 is 0. The number of halogens is 2. The quantitative estimate of drug-likeness (QED) is 0.804. The summed E-state index contributed by atoms with van der Waals surface area (Å²) in [7, 11) is 1.45. The molecule has 0 saturated carbocycles. The van der Waals surface area contributed by atoms with Gasteiger partial charge in [-0.25, -0.2) is 13.6 Å². The molecule has 2 aromatic carbocycles. The van der Waals surface area contributed by atoms with Gasteiger partial charge in [-0.15, -0.1) is 0 Å². The fraction of sp³-hybridized carbons (Fsp3) is 0.333. The molecule has 0 unspecified atom stereocenters. The maximum Gasteiger partial charge on any atom is 0.321 e. The zero-order valence-electron chi connectivity index (χ0n) is 16.2. The average molecular weight is 402 g/mol. The van der Waals surface area contributed by atoms with Crippen LogP contribution in [0.5, 0.6) is 0 Å². The van der Waals surface area contributed by atoms with E-state index >= 15 is 0 Å². The highest BCUT2D eigenvalue weighted by atomic mass is 19.1. The summed E-state index contributed by atoms with van der Waals surface area (Å²) in [5.74, 6) is -0.969. The Labute approximate surface area is 168 Å². The van der Waals surface area contributed by atoms with E-state index in [0.29, 0.717) is 26.2 Å². The number of carbonyl (C=O) groups is 2. The maximum absolute atomic E-state index is 13.4. The number of amides is 3. The first-order chi connectivity index (χ1) is 14.0. The molecule has 6 nitrogen and oxygen atoms in total. The molecule has 1 aliphatic rings. The number of piperazine rings is 1. The summed E-state index contributed by atoms with van der Waals surface area (Å²) in [6, 6.07) is 12.0. The number of hydrogen-bond acceptors (Lipinski definition) is 4. The number of benzene rings is 2. The fourth-order valence-electron chi connectivity index (χ4n) is 3.52. The fourth-order valence-corrected chi connectivity index (χ4v) is 3.52. The summed E-state index contributed by atoms with van der Waals surface area (Å²) in [4.78, 5) is 27.4. The van der Waals surface area contributed by atoms with Crippen LogP contribution in [0.15, 0.2) is 48.5 Å². The second kappa shape index (κ2) is 9.58. The first kappa shape index (κ1) is 20.9. The van der Waals surface area contributed by atoms with E-state index in [9.17, 15) is 18.4 Å². The minimum Gasteiger partial charge on any atom is -0.341 e. The van der Waals surface area contributed by atoms with Crippen molar-refractivity contribution in [2.75, 3.05) is 39.8 Å². The number of imide groups is 1. The van der Waals surface area contributed by atoms with E-state index in [1.54, 1.807) is 24.3 Å². The molecule has 154 valence electrons. The van der Waals surface area contributed by atoms with Gasteiger partial charge in [0.25, 0.3) is 0 Å². The molecule has 1 aliphatic heterocycles. The molecule has 0 atom stereocenters. The number of nitrogens with zero attached hydrogens (tertiary/aromatic N) is 2. The van der Waals surface area contributed by atoms with Gasteiger partial charge >= 0.3 is 6.03 Å². The Hall–Kier alpha value is -2.84.